The maximum atomic E-state index is 9.70. The first-order valence-electron chi connectivity index (χ1n) is 6.11. The molecule has 0 aromatic rings. The summed E-state index contributed by atoms with van der Waals surface area (Å²) in [7, 11) is 0. The van der Waals surface area contributed by atoms with Gasteiger partial charge in [-0.2, -0.15) is 0 Å². The molecule has 106 valence electrons. The second-order valence-electron chi connectivity index (χ2n) is 4.14. The van der Waals surface area contributed by atoms with Gasteiger partial charge in [-0.05, 0) is 13.8 Å². The van der Waals surface area contributed by atoms with E-state index in [1.165, 1.54) is 11.8 Å². The number of aliphatic hydroxyl groups excluding tert-OH is 3. The molecular formula is C11H21NO4S2. The second-order valence-corrected chi connectivity index (χ2v) is 5.93. The third-order valence-corrected chi connectivity index (χ3v) is 4.54. The van der Waals surface area contributed by atoms with Crippen molar-refractivity contribution in [2.75, 3.05) is 19.7 Å². The van der Waals surface area contributed by atoms with Gasteiger partial charge in [0.2, 0.25) is 0 Å². The number of hydrogen-bond donors (Lipinski definition) is 3. The minimum Gasteiger partial charge on any atom is -0.394 e. The van der Waals surface area contributed by atoms with Crippen LogP contribution in [0.15, 0.2) is 0 Å². The number of aliphatic hydroxyl groups is 3. The van der Waals surface area contributed by atoms with Crippen LogP contribution in [0.4, 0.5) is 0 Å². The van der Waals surface area contributed by atoms with Gasteiger partial charge in [0.25, 0.3) is 0 Å². The van der Waals surface area contributed by atoms with Crippen LogP contribution in [-0.4, -0.2) is 68.0 Å². The van der Waals surface area contributed by atoms with E-state index in [-0.39, 0.29) is 12.0 Å². The van der Waals surface area contributed by atoms with Gasteiger partial charge in [0.05, 0.1) is 12.7 Å². The zero-order valence-corrected chi connectivity index (χ0v) is 12.3. The number of rotatable bonds is 4. The van der Waals surface area contributed by atoms with Gasteiger partial charge in [-0.3, -0.25) is 0 Å². The van der Waals surface area contributed by atoms with Gasteiger partial charge in [-0.15, -0.1) is 0 Å². The Balaban J connectivity index is 2.55. The molecule has 1 aliphatic rings. The highest BCUT2D eigenvalue weighted by Gasteiger charge is 2.37. The second kappa shape index (κ2) is 7.62. The minimum atomic E-state index is -1.03. The first-order chi connectivity index (χ1) is 8.53. The Hall–Kier alpha value is 0.0800. The van der Waals surface area contributed by atoms with E-state index in [9.17, 15) is 10.2 Å². The quantitative estimate of drug-likeness (QED) is 0.639. The number of ether oxygens (including phenoxy) is 1. The topological polar surface area (TPSA) is 73.2 Å². The van der Waals surface area contributed by atoms with Crippen LogP contribution in [0.1, 0.15) is 20.3 Å². The first-order valence-corrected chi connectivity index (χ1v) is 7.40. The molecule has 1 heterocycles. The van der Waals surface area contributed by atoms with Gasteiger partial charge < -0.3 is 25.0 Å². The molecule has 18 heavy (non-hydrogen) atoms. The lowest BCUT2D eigenvalue weighted by Gasteiger charge is -2.36. The molecule has 0 spiro atoms. The Morgan fingerprint density at radius 1 is 1.39 bits per heavy atom. The van der Waals surface area contributed by atoms with E-state index >= 15 is 0 Å². The Kier molecular flexibility index (Phi) is 6.83. The molecule has 0 bridgehead atoms. The lowest BCUT2D eigenvalue weighted by atomic mass is 10.0. The summed E-state index contributed by atoms with van der Waals surface area (Å²) in [4.78, 5) is 2.02. The Labute approximate surface area is 117 Å². The van der Waals surface area contributed by atoms with E-state index in [0.29, 0.717) is 10.7 Å². The zero-order valence-electron chi connectivity index (χ0n) is 10.7. The highest BCUT2D eigenvalue weighted by atomic mass is 32.2. The maximum Gasteiger partial charge on any atom is 0.138 e. The van der Waals surface area contributed by atoms with Crippen LogP contribution >= 0.6 is 24.0 Å². The van der Waals surface area contributed by atoms with Crippen LogP contribution in [0.25, 0.3) is 0 Å². The van der Waals surface area contributed by atoms with Crippen molar-refractivity contribution < 1.29 is 20.1 Å². The van der Waals surface area contributed by atoms with Crippen LogP contribution in [0, 0.1) is 0 Å². The molecule has 7 heteroatoms. The molecule has 1 rings (SSSR count). The Morgan fingerprint density at radius 3 is 2.50 bits per heavy atom. The van der Waals surface area contributed by atoms with Crippen LogP contribution in [-0.2, 0) is 4.74 Å². The van der Waals surface area contributed by atoms with E-state index in [4.69, 9.17) is 22.1 Å². The summed E-state index contributed by atoms with van der Waals surface area (Å²) in [5, 5.41) is 28.4. The highest BCUT2D eigenvalue weighted by Crippen LogP contribution is 2.29. The van der Waals surface area contributed by atoms with Crippen LogP contribution in [0.5, 0.6) is 0 Å². The third-order valence-electron chi connectivity index (χ3n) is 2.97. The van der Waals surface area contributed by atoms with Crippen molar-refractivity contribution >= 4 is 28.3 Å². The van der Waals surface area contributed by atoms with E-state index < -0.39 is 18.3 Å². The fourth-order valence-electron chi connectivity index (χ4n) is 1.81. The number of thiocarbonyl (C=S) groups is 1. The molecule has 0 aromatic carbocycles. The van der Waals surface area contributed by atoms with Crippen molar-refractivity contribution in [1.82, 2.24) is 4.90 Å². The molecule has 0 aliphatic carbocycles. The number of nitrogens with zero attached hydrogens (tertiary/aromatic N) is 1. The van der Waals surface area contributed by atoms with Gasteiger partial charge >= 0.3 is 0 Å². The lowest BCUT2D eigenvalue weighted by molar-refractivity contribution is -0.156. The molecule has 1 unspecified atom stereocenters. The Bertz CT molecular complexity index is 276. The van der Waals surface area contributed by atoms with E-state index in [0.717, 1.165) is 13.1 Å². The summed E-state index contributed by atoms with van der Waals surface area (Å²) >= 11 is 6.66. The summed E-state index contributed by atoms with van der Waals surface area (Å²) < 4.78 is 6.23. The molecule has 0 aromatic heterocycles. The molecule has 5 nitrogen and oxygen atoms in total. The monoisotopic (exact) mass is 295 g/mol. The minimum absolute atomic E-state index is 0.309. The molecular weight excluding hydrogens is 274 g/mol. The Morgan fingerprint density at radius 2 is 2.00 bits per heavy atom. The van der Waals surface area contributed by atoms with E-state index in [2.05, 4.69) is 0 Å². The van der Waals surface area contributed by atoms with Gasteiger partial charge in [-0.25, -0.2) is 0 Å². The molecule has 0 amide bonds. The van der Waals surface area contributed by atoms with Crippen molar-refractivity contribution in [3.8, 4) is 0 Å². The third kappa shape index (κ3) is 4.04. The van der Waals surface area contributed by atoms with Gasteiger partial charge in [0.1, 0.15) is 22.0 Å². The zero-order chi connectivity index (χ0) is 13.7. The molecule has 0 saturated carbocycles. The molecule has 1 fully saturated rings. The van der Waals surface area contributed by atoms with Crippen molar-refractivity contribution in [3.05, 3.63) is 0 Å². The molecule has 1 aliphatic heterocycles. The SMILES string of the molecule is CCN(CC)C(=S)SC1C[C@@H](O)[C@H](O)[C@@H](CO)O1. The average molecular weight is 295 g/mol. The normalized spacial score (nSPS) is 32.3. The van der Waals surface area contributed by atoms with Crippen LogP contribution < -0.4 is 0 Å². The summed E-state index contributed by atoms with van der Waals surface area (Å²) in [6.45, 7) is 5.38. The molecule has 0 radical (unpaired) electrons. The van der Waals surface area contributed by atoms with Crippen molar-refractivity contribution in [2.24, 2.45) is 0 Å². The highest BCUT2D eigenvalue weighted by molar-refractivity contribution is 8.23. The summed E-state index contributed by atoms with van der Waals surface area (Å²) in [6, 6.07) is 0. The van der Waals surface area contributed by atoms with Gasteiger partial charge in [-0.1, -0.05) is 24.0 Å². The molecule has 3 N–H and O–H groups in total. The summed E-state index contributed by atoms with van der Waals surface area (Å²) in [5.41, 5.74) is -0.325. The largest absolute Gasteiger partial charge is 0.394 e. The fraction of sp³-hybridized carbons (Fsp3) is 0.909. The van der Waals surface area contributed by atoms with Crippen LogP contribution in [0.2, 0.25) is 0 Å². The number of hydrogen-bond acceptors (Lipinski definition) is 6. The van der Waals surface area contributed by atoms with Gasteiger partial charge in [0, 0.05) is 19.5 Å². The summed E-state index contributed by atoms with van der Waals surface area (Å²) in [5.74, 6) is 0. The van der Waals surface area contributed by atoms with Crippen LogP contribution in [0.3, 0.4) is 0 Å². The molecule has 1 saturated heterocycles. The van der Waals surface area contributed by atoms with Crippen molar-refractivity contribution in [3.63, 3.8) is 0 Å². The van der Waals surface area contributed by atoms with Crippen molar-refractivity contribution in [1.29, 1.82) is 0 Å². The average Bonchev–Trinajstić information content (AvgIpc) is 2.35. The smallest absolute Gasteiger partial charge is 0.138 e. The standard InChI is InChI=1S/C11H21NO4S2/c1-3-12(4-2)11(17)18-9-5-7(14)10(15)8(6-13)16-9/h7-10,13-15H,3-6H2,1-2H3/t7-,8-,9?,10+/m1/s1. The predicted molar refractivity (Wildman–Crippen MR) is 75.5 cm³/mol. The van der Waals surface area contributed by atoms with Crippen molar-refractivity contribution in [2.45, 2.75) is 44.0 Å². The van der Waals surface area contributed by atoms with Gasteiger partial charge in [0.15, 0.2) is 0 Å². The molecule has 4 atom stereocenters. The van der Waals surface area contributed by atoms with E-state index in [1.807, 2.05) is 18.7 Å². The lowest BCUT2D eigenvalue weighted by Crippen LogP contribution is -2.49. The van der Waals surface area contributed by atoms with E-state index in [1.54, 1.807) is 0 Å². The predicted octanol–water partition coefficient (Wildman–Crippen LogP) is 0.175. The summed E-state index contributed by atoms with van der Waals surface area (Å²) in [6.07, 6.45) is -2.35. The maximum absolute atomic E-state index is 9.70. The first kappa shape index (κ1) is 16.1. The number of thioether (sulfide) groups is 1. The fourth-order valence-corrected chi connectivity index (χ4v) is 3.52.